The Morgan fingerprint density at radius 2 is 2.26 bits per heavy atom. The molecule has 2 aromatic rings. The molecule has 0 aliphatic heterocycles. The zero-order chi connectivity index (χ0) is 13.8. The van der Waals surface area contributed by atoms with Crippen molar-refractivity contribution in [3.8, 4) is 11.5 Å². The van der Waals surface area contributed by atoms with Gasteiger partial charge in [0.2, 0.25) is 0 Å². The van der Waals surface area contributed by atoms with Crippen LogP contribution in [0, 0.1) is 3.57 Å². The first-order chi connectivity index (χ1) is 9.10. The summed E-state index contributed by atoms with van der Waals surface area (Å²) in [6, 6.07) is 5.76. The number of nitrogens with two attached hydrogens (primary N) is 1. The number of hydrogen-bond donors (Lipinski definition) is 1. The Hall–Kier alpha value is -0.760. The molecule has 19 heavy (non-hydrogen) atoms. The first-order valence-corrected chi connectivity index (χ1v) is 8.22. The largest absolute Gasteiger partial charge is 0.398 e. The van der Waals surface area contributed by atoms with Gasteiger partial charge in [-0.1, -0.05) is 19.0 Å². The Kier molecular flexibility index (Phi) is 5.09. The summed E-state index contributed by atoms with van der Waals surface area (Å²) in [6.45, 7) is 4.37. The molecule has 102 valence electrons. The van der Waals surface area contributed by atoms with Crippen molar-refractivity contribution in [1.29, 1.82) is 0 Å². The maximum Gasteiger partial charge on any atom is 0.260 e. The Morgan fingerprint density at radius 3 is 3.00 bits per heavy atom. The van der Waals surface area contributed by atoms with Gasteiger partial charge >= 0.3 is 0 Å². The van der Waals surface area contributed by atoms with Crippen LogP contribution in [-0.2, 0) is 5.75 Å². The number of hydrogen-bond acceptors (Lipinski definition) is 5. The Morgan fingerprint density at radius 1 is 1.47 bits per heavy atom. The summed E-state index contributed by atoms with van der Waals surface area (Å²) in [5, 5.41) is 4.61. The van der Waals surface area contributed by atoms with E-state index in [-0.39, 0.29) is 0 Å². The second-order valence-corrected chi connectivity index (χ2v) is 6.95. The highest BCUT2D eigenvalue weighted by Crippen LogP contribution is 2.27. The highest BCUT2D eigenvalue weighted by atomic mass is 127. The van der Waals surface area contributed by atoms with E-state index in [4.69, 9.17) is 10.3 Å². The molecule has 0 spiro atoms. The molecule has 0 saturated heterocycles. The van der Waals surface area contributed by atoms with Crippen molar-refractivity contribution >= 4 is 40.0 Å². The van der Waals surface area contributed by atoms with Crippen LogP contribution in [0.15, 0.2) is 22.7 Å². The molecule has 0 bridgehead atoms. The van der Waals surface area contributed by atoms with Crippen molar-refractivity contribution in [3.63, 3.8) is 0 Å². The quantitative estimate of drug-likeness (QED) is 0.620. The van der Waals surface area contributed by atoms with Crippen LogP contribution in [-0.4, -0.2) is 15.4 Å². The van der Waals surface area contributed by atoms with E-state index in [1.807, 2.05) is 30.0 Å². The molecule has 1 unspecified atom stereocenters. The van der Waals surface area contributed by atoms with E-state index in [2.05, 4.69) is 46.6 Å². The summed E-state index contributed by atoms with van der Waals surface area (Å²) in [5.74, 6) is 1.98. The molecule has 0 radical (unpaired) electrons. The van der Waals surface area contributed by atoms with Gasteiger partial charge < -0.3 is 10.3 Å². The molecule has 0 amide bonds. The molecule has 2 rings (SSSR count). The van der Waals surface area contributed by atoms with E-state index in [0.717, 1.165) is 27.1 Å². The molecule has 2 N–H and O–H groups in total. The van der Waals surface area contributed by atoms with Gasteiger partial charge in [-0.25, -0.2) is 0 Å². The fraction of sp³-hybridized carbons (Fsp3) is 0.385. The van der Waals surface area contributed by atoms with Crippen LogP contribution in [0.25, 0.3) is 11.5 Å². The number of rotatable bonds is 5. The molecule has 4 nitrogen and oxygen atoms in total. The summed E-state index contributed by atoms with van der Waals surface area (Å²) in [5.41, 5.74) is 7.40. The highest BCUT2D eigenvalue weighted by Gasteiger charge is 2.13. The molecule has 1 atom stereocenters. The van der Waals surface area contributed by atoms with Gasteiger partial charge in [0.25, 0.3) is 5.89 Å². The predicted molar refractivity (Wildman–Crippen MR) is 87.9 cm³/mol. The minimum atomic E-state index is 0.496. The normalized spacial score (nSPS) is 12.6. The topological polar surface area (TPSA) is 64.9 Å². The van der Waals surface area contributed by atoms with Crippen LogP contribution < -0.4 is 5.73 Å². The molecule has 1 heterocycles. The maximum atomic E-state index is 5.94. The smallest absolute Gasteiger partial charge is 0.260 e. The van der Waals surface area contributed by atoms with E-state index < -0.39 is 0 Å². The number of thioether (sulfide) groups is 1. The van der Waals surface area contributed by atoms with E-state index in [9.17, 15) is 0 Å². The highest BCUT2D eigenvalue weighted by molar-refractivity contribution is 14.1. The number of aromatic nitrogens is 2. The molecular weight excluding hydrogens is 373 g/mol. The fourth-order valence-corrected chi connectivity index (χ4v) is 2.75. The van der Waals surface area contributed by atoms with Crippen molar-refractivity contribution in [3.05, 3.63) is 27.6 Å². The SMILES string of the molecule is CCC(C)SCc1noc(-c2cc(I)ccc2N)n1. The van der Waals surface area contributed by atoms with Crippen LogP contribution in [0.5, 0.6) is 0 Å². The van der Waals surface area contributed by atoms with Crippen LogP contribution in [0.1, 0.15) is 26.1 Å². The van der Waals surface area contributed by atoms with Crippen LogP contribution in [0.4, 0.5) is 5.69 Å². The van der Waals surface area contributed by atoms with Crippen LogP contribution in [0.2, 0.25) is 0 Å². The maximum absolute atomic E-state index is 5.94. The van der Waals surface area contributed by atoms with Gasteiger partial charge in [0.15, 0.2) is 5.82 Å². The van der Waals surface area contributed by atoms with Gasteiger partial charge in [-0.3, -0.25) is 0 Å². The fourth-order valence-electron chi connectivity index (χ4n) is 1.47. The third-order valence-corrected chi connectivity index (χ3v) is 4.78. The number of benzene rings is 1. The molecule has 1 aromatic heterocycles. The van der Waals surface area contributed by atoms with E-state index in [1.54, 1.807) is 0 Å². The van der Waals surface area contributed by atoms with Crippen LogP contribution >= 0.6 is 34.4 Å². The Bertz CT molecular complexity index is 559. The van der Waals surface area contributed by atoms with E-state index >= 15 is 0 Å². The van der Waals surface area contributed by atoms with Gasteiger partial charge in [-0.05, 0) is 47.2 Å². The van der Waals surface area contributed by atoms with Crippen molar-refractivity contribution < 1.29 is 4.52 Å². The van der Waals surface area contributed by atoms with E-state index in [0.29, 0.717) is 16.8 Å². The lowest BCUT2D eigenvalue weighted by atomic mass is 10.2. The van der Waals surface area contributed by atoms with Crippen molar-refractivity contribution in [2.45, 2.75) is 31.3 Å². The van der Waals surface area contributed by atoms with Gasteiger partial charge in [0.1, 0.15) is 0 Å². The zero-order valence-electron chi connectivity index (χ0n) is 10.9. The molecule has 0 aliphatic carbocycles. The Balaban J connectivity index is 2.14. The second kappa shape index (κ2) is 6.60. The van der Waals surface area contributed by atoms with Gasteiger partial charge in [-0.15, -0.1) is 0 Å². The standard InChI is InChI=1S/C13H16IN3OS/c1-3-8(2)19-7-12-16-13(18-17-12)10-6-9(14)4-5-11(10)15/h4-6,8H,3,7,15H2,1-2H3. The third kappa shape index (κ3) is 3.85. The summed E-state index contributed by atoms with van der Waals surface area (Å²) >= 11 is 4.06. The van der Waals surface area contributed by atoms with Crippen molar-refractivity contribution in [2.75, 3.05) is 5.73 Å². The molecule has 6 heteroatoms. The molecule has 0 saturated carbocycles. The second-order valence-electron chi connectivity index (χ2n) is 4.28. The molecule has 0 aliphatic rings. The number of halogens is 1. The first-order valence-electron chi connectivity index (χ1n) is 6.09. The number of anilines is 1. The van der Waals surface area contributed by atoms with Gasteiger partial charge in [-0.2, -0.15) is 16.7 Å². The predicted octanol–water partition coefficient (Wildman–Crippen LogP) is 3.96. The number of nitrogens with zero attached hydrogens (tertiary/aromatic N) is 2. The molecule has 0 fully saturated rings. The monoisotopic (exact) mass is 389 g/mol. The molecule has 1 aromatic carbocycles. The summed E-state index contributed by atoms with van der Waals surface area (Å²) in [7, 11) is 0. The minimum Gasteiger partial charge on any atom is -0.398 e. The van der Waals surface area contributed by atoms with Crippen molar-refractivity contribution in [2.24, 2.45) is 0 Å². The first kappa shape index (κ1) is 14.6. The lowest BCUT2D eigenvalue weighted by Gasteiger charge is -2.04. The lowest BCUT2D eigenvalue weighted by molar-refractivity contribution is 0.425. The van der Waals surface area contributed by atoms with Gasteiger partial charge in [0, 0.05) is 14.5 Å². The minimum absolute atomic E-state index is 0.496. The van der Waals surface area contributed by atoms with E-state index in [1.165, 1.54) is 0 Å². The average molecular weight is 389 g/mol. The van der Waals surface area contributed by atoms with Crippen LogP contribution in [0.3, 0.4) is 0 Å². The zero-order valence-corrected chi connectivity index (χ0v) is 13.9. The lowest BCUT2D eigenvalue weighted by Crippen LogP contribution is -1.95. The Labute approximate surface area is 130 Å². The van der Waals surface area contributed by atoms with Gasteiger partial charge in [0.05, 0.1) is 11.3 Å². The third-order valence-electron chi connectivity index (χ3n) is 2.79. The van der Waals surface area contributed by atoms with Crippen molar-refractivity contribution in [1.82, 2.24) is 10.1 Å². The summed E-state index contributed by atoms with van der Waals surface area (Å²) < 4.78 is 6.39. The summed E-state index contributed by atoms with van der Waals surface area (Å²) in [6.07, 6.45) is 1.14. The summed E-state index contributed by atoms with van der Waals surface area (Å²) in [4.78, 5) is 4.41. The average Bonchev–Trinajstić information content (AvgIpc) is 2.87. The molecular formula is C13H16IN3OS. The number of nitrogen functional groups attached to an aromatic ring is 1.